The number of amides is 2. The van der Waals surface area contributed by atoms with Crippen molar-refractivity contribution in [1.82, 2.24) is 15.2 Å². The summed E-state index contributed by atoms with van der Waals surface area (Å²) in [6.07, 6.45) is 5.38. The fourth-order valence-corrected chi connectivity index (χ4v) is 3.57. The van der Waals surface area contributed by atoms with E-state index in [9.17, 15) is 9.59 Å². The molecule has 3 aromatic rings. The van der Waals surface area contributed by atoms with Crippen molar-refractivity contribution in [2.45, 2.75) is 65.6 Å². The van der Waals surface area contributed by atoms with Crippen LogP contribution >= 0.6 is 0 Å². The maximum absolute atomic E-state index is 13.2. The molecule has 0 saturated carbocycles. The van der Waals surface area contributed by atoms with Gasteiger partial charge in [-0.15, -0.1) is 0 Å². The second kappa shape index (κ2) is 11.3. The number of hydrogen-bond acceptors (Lipinski definition) is 6. The van der Waals surface area contributed by atoms with Crippen molar-refractivity contribution in [2.24, 2.45) is 5.92 Å². The van der Waals surface area contributed by atoms with E-state index in [1.807, 2.05) is 40.7 Å². The van der Waals surface area contributed by atoms with Crippen LogP contribution in [0, 0.1) is 5.92 Å². The van der Waals surface area contributed by atoms with Gasteiger partial charge in [-0.3, -0.25) is 9.59 Å². The lowest BCUT2D eigenvalue weighted by Gasteiger charge is -2.26. The molecular weight excluding hydrogens is 446 g/mol. The molecule has 1 N–H and O–H groups in total. The first-order valence-electron chi connectivity index (χ1n) is 11.8. The van der Waals surface area contributed by atoms with E-state index in [4.69, 9.17) is 13.6 Å². The summed E-state index contributed by atoms with van der Waals surface area (Å²) in [5, 5.41) is 2.91. The van der Waals surface area contributed by atoms with Crippen LogP contribution in [0.4, 0.5) is 0 Å². The fourth-order valence-electron chi connectivity index (χ4n) is 3.57. The third-order valence-corrected chi connectivity index (χ3v) is 5.46. The van der Waals surface area contributed by atoms with Gasteiger partial charge in [-0.2, -0.15) is 0 Å². The van der Waals surface area contributed by atoms with Crippen molar-refractivity contribution in [2.75, 3.05) is 7.05 Å². The Balaban J connectivity index is 1.70. The van der Waals surface area contributed by atoms with Crippen molar-refractivity contribution >= 4 is 11.8 Å². The summed E-state index contributed by atoms with van der Waals surface area (Å²) >= 11 is 0. The fraction of sp³-hybridized carbons (Fsp3) is 0.444. The molecule has 8 nitrogen and oxygen atoms in total. The molecule has 0 aliphatic rings. The molecule has 2 heterocycles. The minimum atomic E-state index is -0.673. The van der Waals surface area contributed by atoms with Gasteiger partial charge < -0.3 is 23.8 Å². The first-order valence-corrected chi connectivity index (χ1v) is 11.8. The van der Waals surface area contributed by atoms with Gasteiger partial charge >= 0.3 is 0 Å². The predicted octanol–water partition coefficient (Wildman–Crippen LogP) is 4.95. The zero-order chi connectivity index (χ0) is 25.6. The van der Waals surface area contributed by atoms with Gasteiger partial charge in [0, 0.05) is 24.6 Å². The molecule has 0 fully saturated rings. The third-order valence-electron chi connectivity index (χ3n) is 5.46. The summed E-state index contributed by atoms with van der Waals surface area (Å²) in [6.45, 7) is 10.6. The maximum Gasteiger partial charge on any atom is 0.255 e. The number of para-hydroxylation sites is 1. The van der Waals surface area contributed by atoms with E-state index < -0.39 is 6.04 Å². The van der Waals surface area contributed by atoms with Crippen molar-refractivity contribution in [3.05, 3.63) is 71.8 Å². The smallest absolute Gasteiger partial charge is 0.255 e. The summed E-state index contributed by atoms with van der Waals surface area (Å²) < 4.78 is 16.8. The van der Waals surface area contributed by atoms with Gasteiger partial charge in [0.1, 0.15) is 17.6 Å². The number of hydrogen-bond donors (Lipinski definition) is 1. The second-order valence-corrected chi connectivity index (χ2v) is 10.1. The maximum atomic E-state index is 13.2. The molecule has 0 spiro atoms. The molecule has 0 aliphatic heterocycles. The number of oxazole rings is 1. The molecule has 2 aromatic heterocycles. The number of benzene rings is 1. The first kappa shape index (κ1) is 26.1. The Morgan fingerprint density at radius 2 is 1.91 bits per heavy atom. The summed E-state index contributed by atoms with van der Waals surface area (Å²) in [4.78, 5) is 32.3. The molecule has 2 amide bonds. The van der Waals surface area contributed by atoms with Gasteiger partial charge in [-0.05, 0) is 30.5 Å². The molecule has 1 aromatic carbocycles. The lowest BCUT2D eigenvalue weighted by Crippen LogP contribution is -2.47. The highest BCUT2D eigenvalue weighted by atomic mass is 16.5. The largest absolute Gasteiger partial charge is 0.483 e. The van der Waals surface area contributed by atoms with Crippen LogP contribution in [0.5, 0.6) is 5.75 Å². The third kappa shape index (κ3) is 7.21. The van der Waals surface area contributed by atoms with E-state index >= 15 is 0 Å². The molecule has 0 aliphatic carbocycles. The number of nitrogens with one attached hydrogen (secondary N) is 1. The molecule has 3 rings (SSSR count). The van der Waals surface area contributed by atoms with Gasteiger partial charge in [0.15, 0.2) is 6.61 Å². The summed E-state index contributed by atoms with van der Waals surface area (Å²) in [6, 6.07) is 8.08. The zero-order valence-electron chi connectivity index (χ0n) is 21.3. The van der Waals surface area contributed by atoms with Gasteiger partial charge in [0.05, 0.1) is 24.3 Å². The topological polar surface area (TPSA) is 97.8 Å². The highest BCUT2D eigenvalue weighted by molar-refractivity contribution is 5.99. The van der Waals surface area contributed by atoms with E-state index in [0.717, 1.165) is 11.3 Å². The van der Waals surface area contributed by atoms with Crippen molar-refractivity contribution < 1.29 is 23.2 Å². The van der Waals surface area contributed by atoms with Gasteiger partial charge in [-0.25, -0.2) is 4.98 Å². The summed E-state index contributed by atoms with van der Waals surface area (Å²) in [7, 11) is 1.72. The molecule has 0 saturated heterocycles. The normalized spacial score (nSPS) is 12.4. The van der Waals surface area contributed by atoms with E-state index in [-0.39, 0.29) is 29.8 Å². The van der Waals surface area contributed by atoms with E-state index in [1.165, 1.54) is 0 Å². The number of furan rings is 1. The SMILES string of the molecule is CC(C)C[C@@H](NC(=O)c1ccccc1OCc1ncc(C(C)(C)C)o1)C(=O)N(C)Cc1ccoc1. The summed E-state index contributed by atoms with van der Waals surface area (Å²) in [5.74, 6) is 1.25. The Bertz CT molecular complexity index is 1110. The van der Waals surface area contributed by atoms with Crippen LogP contribution in [-0.4, -0.2) is 34.8 Å². The van der Waals surface area contributed by atoms with E-state index in [2.05, 4.69) is 10.3 Å². The van der Waals surface area contributed by atoms with Crippen LogP contribution in [0.2, 0.25) is 0 Å². The Kier molecular flexibility index (Phi) is 8.38. The molecule has 0 radical (unpaired) electrons. The Hall–Kier alpha value is -3.55. The number of likely N-dealkylation sites (N-methyl/N-ethyl adjacent to an activating group) is 1. The Morgan fingerprint density at radius 1 is 1.17 bits per heavy atom. The monoisotopic (exact) mass is 481 g/mol. The zero-order valence-corrected chi connectivity index (χ0v) is 21.3. The highest BCUT2D eigenvalue weighted by Gasteiger charge is 2.27. The van der Waals surface area contributed by atoms with Gasteiger partial charge in [0.2, 0.25) is 11.8 Å². The quantitative estimate of drug-likeness (QED) is 0.440. The van der Waals surface area contributed by atoms with Gasteiger partial charge in [0.25, 0.3) is 5.91 Å². The van der Waals surface area contributed by atoms with Crippen molar-refractivity contribution in [3.63, 3.8) is 0 Å². The molecule has 8 heteroatoms. The van der Waals surface area contributed by atoms with E-state index in [1.54, 1.807) is 54.9 Å². The summed E-state index contributed by atoms with van der Waals surface area (Å²) in [5.41, 5.74) is 1.07. The van der Waals surface area contributed by atoms with Crippen LogP contribution in [0.1, 0.15) is 68.6 Å². The highest BCUT2D eigenvalue weighted by Crippen LogP contribution is 2.24. The second-order valence-electron chi connectivity index (χ2n) is 10.1. The average Bonchev–Trinajstić information content (AvgIpc) is 3.48. The average molecular weight is 482 g/mol. The minimum Gasteiger partial charge on any atom is -0.483 e. The lowest BCUT2D eigenvalue weighted by molar-refractivity contribution is -0.132. The van der Waals surface area contributed by atoms with Crippen molar-refractivity contribution in [1.29, 1.82) is 0 Å². The van der Waals surface area contributed by atoms with E-state index in [0.29, 0.717) is 30.2 Å². The standard InChI is InChI=1S/C27H35N3O5/c1-18(2)13-21(26(32)30(6)15-19-11-12-33-16-19)29-25(31)20-9-7-8-10-22(20)34-17-24-28-14-23(35-24)27(3,4)5/h7-12,14,16,18,21H,13,15,17H2,1-6H3,(H,29,31)/t21-/m1/s1. The minimum absolute atomic E-state index is 0.0855. The Morgan fingerprint density at radius 3 is 2.54 bits per heavy atom. The number of rotatable bonds is 10. The molecule has 188 valence electrons. The molecule has 1 atom stereocenters. The van der Waals surface area contributed by atoms with Crippen LogP contribution in [0.25, 0.3) is 0 Å². The molecule has 0 unspecified atom stereocenters. The molecular formula is C27H35N3O5. The number of carbonyl (C=O) groups is 2. The lowest BCUT2D eigenvalue weighted by atomic mass is 9.94. The van der Waals surface area contributed by atoms with Gasteiger partial charge in [-0.1, -0.05) is 46.8 Å². The number of aromatic nitrogens is 1. The van der Waals surface area contributed by atoms with Crippen molar-refractivity contribution in [3.8, 4) is 5.75 Å². The number of nitrogens with zero attached hydrogens (tertiary/aromatic N) is 2. The Labute approximate surface area is 206 Å². The number of ether oxygens (including phenoxy) is 1. The number of carbonyl (C=O) groups excluding carboxylic acids is 2. The predicted molar refractivity (Wildman–Crippen MR) is 132 cm³/mol. The molecule has 35 heavy (non-hydrogen) atoms. The van der Waals surface area contributed by atoms with Crippen LogP contribution in [-0.2, 0) is 23.4 Å². The van der Waals surface area contributed by atoms with Crippen LogP contribution in [0.3, 0.4) is 0 Å². The molecule has 0 bridgehead atoms. The van der Waals surface area contributed by atoms with Crippen LogP contribution < -0.4 is 10.1 Å². The first-order chi connectivity index (χ1) is 16.5. The van der Waals surface area contributed by atoms with Crippen LogP contribution in [0.15, 0.2) is 57.9 Å².